The zero-order chi connectivity index (χ0) is 14.5. The maximum Gasteiger partial charge on any atom is 0.239 e. The van der Waals surface area contributed by atoms with Crippen molar-refractivity contribution < 1.29 is 9.59 Å². The molecule has 7 nitrogen and oxygen atoms in total. The molecule has 7 heteroatoms. The van der Waals surface area contributed by atoms with Gasteiger partial charge >= 0.3 is 0 Å². The van der Waals surface area contributed by atoms with Gasteiger partial charge in [0.05, 0.1) is 18.3 Å². The molecule has 1 aromatic heterocycles. The van der Waals surface area contributed by atoms with E-state index in [1.165, 1.54) is 10.9 Å². The van der Waals surface area contributed by atoms with Crippen LogP contribution in [0.2, 0.25) is 0 Å². The van der Waals surface area contributed by atoms with Gasteiger partial charge in [-0.05, 0) is 17.7 Å². The molecule has 2 aromatic rings. The average molecular weight is 273 g/mol. The van der Waals surface area contributed by atoms with Gasteiger partial charge in [-0.1, -0.05) is 12.1 Å². The van der Waals surface area contributed by atoms with Crippen molar-refractivity contribution >= 4 is 23.2 Å². The second-order valence-electron chi connectivity index (χ2n) is 4.36. The van der Waals surface area contributed by atoms with Gasteiger partial charge in [-0.15, -0.1) is 0 Å². The summed E-state index contributed by atoms with van der Waals surface area (Å²) in [6.07, 6.45) is 3.25. The molecule has 0 unspecified atom stereocenters. The third-order valence-electron chi connectivity index (χ3n) is 2.58. The lowest BCUT2D eigenvalue weighted by atomic mass is 10.1. The van der Waals surface area contributed by atoms with Crippen molar-refractivity contribution in [2.45, 2.75) is 13.0 Å². The number of nitrogens with two attached hydrogens (primary N) is 2. The molecule has 5 N–H and O–H groups in total. The van der Waals surface area contributed by atoms with Gasteiger partial charge < -0.3 is 16.8 Å². The number of amides is 2. The number of benzene rings is 1. The quantitative estimate of drug-likeness (QED) is 0.671. The van der Waals surface area contributed by atoms with E-state index >= 15 is 0 Å². The molecule has 0 saturated heterocycles. The molecule has 1 heterocycles. The van der Waals surface area contributed by atoms with Gasteiger partial charge in [0.1, 0.15) is 6.54 Å². The first-order chi connectivity index (χ1) is 9.52. The Bertz CT molecular complexity index is 618. The Kier molecular flexibility index (Phi) is 3.99. The summed E-state index contributed by atoms with van der Waals surface area (Å²) < 4.78 is 1.36. The van der Waals surface area contributed by atoms with Gasteiger partial charge in [0.25, 0.3) is 0 Å². The third kappa shape index (κ3) is 3.84. The number of primary amides is 1. The Hall–Kier alpha value is -2.83. The number of carbonyl (C=O) groups is 2. The number of aromatic nitrogens is 2. The van der Waals surface area contributed by atoms with Crippen LogP contribution in [0, 0.1) is 0 Å². The van der Waals surface area contributed by atoms with Gasteiger partial charge in [0, 0.05) is 11.9 Å². The summed E-state index contributed by atoms with van der Waals surface area (Å²) in [7, 11) is 0. The Morgan fingerprint density at radius 1 is 1.25 bits per heavy atom. The Balaban J connectivity index is 1.92. The highest BCUT2D eigenvalue weighted by Gasteiger charge is 2.06. The van der Waals surface area contributed by atoms with Crippen LogP contribution in [0.15, 0.2) is 36.7 Å². The first kappa shape index (κ1) is 13.6. The minimum absolute atomic E-state index is 0.0200. The standard InChI is InChI=1S/C13H15N5O2/c14-10-3-1-9(2-4-10)5-13(20)17-11-6-16-18(7-11)8-12(15)19/h1-4,6-7H,5,8,14H2,(H2,15,19)(H,17,20). The van der Waals surface area contributed by atoms with Gasteiger partial charge in [-0.2, -0.15) is 5.10 Å². The van der Waals surface area contributed by atoms with E-state index in [0.29, 0.717) is 11.4 Å². The molecule has 0 aliphatic heterocycles. The second-order valence-corrected chi connectivity index (χ2v) is 4.36. The van der Waals surface area contributed by atoms with E-state index in [9.17, 15) is 9.59 Å². The first-order valence-electron chi connectivity index (χ1n) is 5.98. The minimum atomic E-state index is -0.493. The summed E-state index contributed by atoms with van der Waals surface area (Å²) in [6, 6.07) is 7.08. The predicted molar refractivity (Wildman–Crippen MR) is 74.6 cm³/mol. The number of carbonyl (C=O) groups excluding carboxylic acids is 2. The topological polar surface area (TPSA) is 116 Å². The van der Waals surface area contributed by atoms with E-state index in [1.807, 2.05) is 0 Å². The molecule has 0 aliphatic rings. The van der Waals surface area contributed by atoms with E-state index in [2.05, 4.69) is 10.4 Å². The van der Waals surface area contributed by atoms with Gasteiger partial charge in [0.15, 0.2) is 0 Å². The van der Waals surface area contributed by atoms with Crippen LogP contribution in [0.3, 0.4) is 0 Å². The second kappa shape index (κ2) is 5.87. The van der Waals surface area contributed by atoms with Crippen molar-refractivity contribution in [1.82, 2.24) is 9.78 Å². The number of nitrogens with one attached hydrogen (secondary N) is 1. The highest BCUT2D eigenvalue weighted by atomic mass is 16.2. The Morgan fingerprint density at radius 2 is 1.95 bits per heavy atom. The van der Waals surface area contributed by atoms with Gasteiger partial charge in [0.2, 0.25) is 11.8 Å². The zero-order valence-electron chi connectivity index (χ0n) is 10.7. The molecule has 0 spiro atoms. The molecule has 0 bridgehead atoms. The molecule has 20 heavy (non-hydrogen) atoms. The number of nitrogens with zero attached hydrogens (tertiary/aromatic N) is 2. The monoisotopic (exact) mass is 273 g/mol. The van der Waals surface area contributed by atoms with E-state index in [1.54, 1.807) is 30.5 Å². The summed E-state index contributed by atoms with van der Waals surface area (Å²) in [4.78, 5) is 22.6. The van der Waals surface area contributed by atoms with Crippen molar-refractivity contribution in [3.63, 3.8) is 0 Å². The molecular formula is C13H15N5O2. The Labute approximate surface area is 115 Å². The van der Waals surface area contributed by atoms with Crippen LogP contribution in [0.1, 0.15) is 5.56 Å². The summed E-state index contributed by atoms with van der Waals surface area (Å²) in [5.41, 5.74) is 12.7. The summed E-state index contributed by atoms with van der Waals surface area (Å²) in [6.45, 7) is -0.0200. The van der Waals surface area contributed by atoms with Crippen molar-refractivity contribution in [3.05, 3.63) is 42.2 Å². The fourth-order valence-corrected chi connectivity index (χ4v) is 1.70. The van der Waals surface area contributed by atoms with Crippen LogP contribution >= 0.6 is 0 Å². The zero-order valence-corrected chi connectivity index (χ0v) is 10.7. The molecule has 104 valence electrons. The lowest BCUT2D eigenvalue weighted by molar-refractivity contribution is -0.118. The first-order valence-corrected chi connectivity index (χ1v) is 5.98. The van der Waals surface area contributed by atoms with Crippen molar-refractivity contribution in [1.29, 1.82) is 0 Å². The third-order valence-corrected chi connectivity index (χ3v) is 2.58. The lowest BCUT2D eigenvalue weighted by Crippen LogP contribution is -2.18. The maximum absolute atomic E-state index is 11.8. The highest BCUT2D eigenvalue weighted by molar-refractivity contribution is 5.92. The number of nitrogen functional groups attached to an aromatic ring is 1. The predicted octanol–water partition coefficient (Wildman–Crippen LogP) is 0.132. The van der Waals surface area contributed by atoms with Crippen LogP contribution in [-0.2, 0) is 22.6 Å². The summed E-state index contributed by atoms with van der Waals surface area (Å²) in [5.74, 6) is -0.666. The molecule has 0 saturated carbocycles. The molecule has 0 aliphatic carbocycles. The number of rotatable bonds is 5. The molecule has 0 radical (unpaired) electrons. The van der Waals surface area contributed by atoms with E-state index in [0.717, 1.165) is 5.56 Å². The van der Waals surface area contributed by atoms with Crippen LogP contribution in [0.25, 0.3) is 0 Å². The summed E-state index contributed by atoms with van der Waals surface area (Å²) in [5, 5.41) is 6.61. The molecule has 2 amide bonds. The molecule has 1 aromatic carbocycles. The van der Waals surface area contributed by atoms with Crippen molar-refractivity contribution in [2.24, 2.45) is 5.73 Å². The number of anilines is 2. The Morgan fingerprint density at radius 3 is 2.60 bits per heavy atom. The van der Waals surface area contributed by atoms with Crippen LogP contribution in [-0.4, -0.2) is 21.6 Å². The van der Waals surface area contributed by atoms with Crippen molar-refractivity contribution in [3.8, 4) is 0 Å². The molecule has 2 rings (SSSR count). The SMILES string of the molecule is NC(=O)Cn1cc(NC(=O)Cc2ccc(N)cc2)cn1. The fourth-order valence-electron chi connectivity index (χ4n) is 1.70. The molecule has 0 atom stereocenters. The largest absolute Gasteiger partial charge is 0.399 e. The average Bonchev–Trinajstić information content (AvgIpc) is 2.78. The van der Waals surface area contributed by atoms with E-state index in [-0.39, 0.29) is 18.9 Å². The smallest absolute Gasteiger partial charge is 0.239 e. The highest BCUT2D eigenvalue weighted by Crippen LogP contribution is 2.09. The lowest BCUT2D eigenvalue weighted by Gasteiger charge is -2.03. The maximum atomic E-state index is 11.8. The molecular weight excluding hydrogens is 258 g/mol. The normalized spacial score (nSPS) is 10.2. The molecule has 0 fully saturated rings. The van der Waals surface area contributed by atoms with Crippen LogP contribution in [0.4, 0.5) is 11.4 Å². The van der Waals surface area contributed by atoms with Crippen LogP contribution < -0.4 is 16.8 Å². The van der Waals surface area contributed by atoms with Gasteiger partial charge in [-0.25, -0.2) is 0 Å². The summed E-state index contributed by atoms with van der Waals surface area (Å²) >= 11 is 0. The van der Waals surface area contributed by atoms with Gasteiger partial charge in [-0.3, -0.25) is 14.3 Å². The van der Waals surface area contributed by atoms with Crippen LogP contribution in [0.5, 0.6) is 0 Å². The fraction of sp³-hybridized carbons (Fsp3) is 0.154. The minimum Gasteiger partial charge on any atom is -0.399 e. The van der Waals surface area contributed by atoms with E-state index in [4.69, 9.17) is 11.5 Å². The number of hydrogen-bond acceptors (Lipinski definition) is 4. The van der Waals surface area contributed by atoms with E-state index < -0.39 is 5.91 Å². The van der Waals surface area contributed by atoms with Crippen molar-refractivity contribution in [2.75, 3.05) is 11.1 Å². The number of hydrogen-bond donors (Lipinski definition) is 3.